The summed E-state index contributed by atoms with van der Waals surface area (Å²) in [5, 5.41) is 10.8. The first-order valence-electron chi connectivity index (χ1n) is 6.12. The van der Waals surface area contributed by atoms with Crippen LogP contribution in [0.15, 0.2) is 18.2 Å². The highest BCUT2D eigenvalue weighted by Crippen LogP contribution is 2.47. The van der Waals surface area contributed by atoms with Crippen LogP contribution in [-0.2, 0) is 16.1 Å². The van der Waals surface area contributed by atoms with E-state index >= 15 is 0 Å². The molecule has 1 aromatic carbocycles. The number of hydrogen-bond donors (Lipinski definition) is 2. The van der Waals surface area contributed by atoms with Crippen molar-refractivity contribution in [1.29, 1.82) is 0 Å². The Bertz CT molecular complexity index is 610. The summed E-state index contributed by atoms with van der Waals surface area (Å²) in [6.07, 6.45) is 0.657. The van der Waals surface area contributed by atoms with E-state index in [0.29, 0.717) is 12.0 Å². The Labute approximate surface area is 113 Å². The van der Waals surface area contributed by atoms with Gasteiger partial charge in [-0.05, 0) is 18.1 Å². The molecule has 1 saturated carbocycles. The van der Waals surface area contributed by atoms with E-state index in [4.69, 9.17) is 5.84 Å². The number of hydrazine groups is 1. The lowest BCUT2D eigenvalue weighted by molar-refractivity contribution is -0.384. The van der Waals surface area contributed by atoms with Gasteiger partial charge in [0.1, 0.15) is 5.69 Å². The zero-order valence-corrected chi connectivity index (χ0v) is 10.4. The van der Waals surface area contributed by atoms with Gasteiger partial charge in [0.15, 0.2) is 0 Å². The molecule has 1 aliphatic heterocycles. The average Bonchev–Trinajstić information content (AvgIpc) is 3.18. The summed E-state index contributed by atoms with van der Waals surface area (Å²) in [7, 11) is 0. The van der Waals surface area contributed by atoms with Crippen LogP contribution in [0.2, 0.25) is 0 Å². The molecule has 2 amide bonds. The van der Waals surface area contributed by atoms with Gasteiger partial charge in [-0.1, -0.05) is 6.07 Å². The van der Waals surface area contributed by atoms with E-state index in [9.17, 15) is 19.7 Å². The number of rotatable bonds is 4. The van der Waals surface area contributed by atoms with Crippen molar-refractivity contribution in [1.82, 2.24) is 4.90 Å². The number of piperidine rings is 1. The van der Waals surface area contributed by atoms with Crippen LogP contribution >= 0.6 is 0 Å². The number of likely N-dealkylation sites (tertiary alicyclic amines) is 1. The predicted molar refractivity (Wildman–Crippen MR) is 68.1 cm³/mol. The molecule has 2 atom stereocenters. The zero-order chi connectivity index (χ0) is 14.4. The van der Waals surface area contributed by atoms with Crippen molar-refractivity contribution >= 4 is 23.2 Å². The highest BCUT2D eigenvalue weighted by Gasteiger charge is 2.58. The van der Waals surface area contributed by atoms with Gasteiger partial charge < -0.3 is 5.43 Å². The van der Waals surface area contributed by atoms with E-state index in [1.54, 1.807) is 0 Å². The van der Waals surface area contributed by atoms with Gasteiger partial charge in [0.25, 0.3) is 5.69 Å². The molecule has 2 aliphatic rings. The molecular formula is C12H12N4O4. The Hall–Kier alpha value is -2.48. The SMILES string of the molecule is NNc1cc(CN2C(=O)C3CC3C2=O)ccc1[N+](=O)[O-]. The van der Waals surface area contributed by atoms with Gasteiger partial charge in [-0.15, -0.1) is 0 Å². The normalized spacial score (nSPS) is 23.8. The Morgan fingerprint density at radius 3 is 2.55 bits per heavy atom. The first-order valence-corrected chi connectivity index (χ1v) is 6.12. The van der Waals surface area contributed by atoms with Gasteiger partial charge in [0, 0.05) is 6.07 Å². The van der Waals surface area contributed by atoms with Crippen LogP contribution < -0.4 is 11.3 Å². The van der Waals surface area contributed by atoms with Gasteiger partial charge in [0.05, 0.1) is 23.3 Å². The van der Waals surface area contributed by atoms with Gasteiger partial charge in [-0.2, -0.15) is 0 Å². The molecule has 104 valence electrons. The lowest BCUT2D eigenvalue weighted by atomic mass is 10.1. The Kier molecular flexibility index (Phi) is 2.68. The molecule has 0 spiro atoms. The maximum Gasteiger partial charge on any atom is 0.293 e. The lowest BCUT2D eigenvalue weighted by Crippen LogP contribution is -2.32. The first kappa shape index (κ1) is 12.5. The van der Waals surface area contributed by atoms with E-state index in [-0.39, 0.29) is 41.6 Å². The fourth-order valence-corrected chi connectivity index (χ4v) is 2.54. The molecule has 8 nitrogen and oxygen atoms in total. The second kappa shape index (κ2) is 4.27. The molecule has 2 unspecified atom stereocenters. The van der Waals surface area contributed by atoms with Gasteiger partial charge in [0.2, 0.25) is 11.8 Å². The smallest absolute Gasteiger partial charge is 0.293 e. The molecule has 1 aromatic rings. The number of anilines is 1. The molecular weight excluding hydrogens is 264 g/mol. The van der Waals surface area contributed by atoms with Crippen LogP contribution in [-0.4, -0.2) is 21.6 Å². The third-order valence-electron chi connectivity index (χ3n) is 3.71. The van der Waals surface area contributed by atoms with Crippen molar-refractivity contribution in [3.8, 4) is 0 Å². The Morgan fingerprint density at radius 1 is 1.35 bits per heavy atom. The van der Waals surface area contributed by atoms with E-state index in [0.717, 1.165) is 0 Å². The molecule has 1 aliphatic carbocycles. The highest BCUT2D eigenvalue weighted by molar-refractivity contribution is 6.08. The number of nitrogens with one attached hydrogen (secondary N) is 1. The number of benzene rings is 1. The molecule has 3 N–H and O–H groups in total. The van der Waals surface area contributed by atoms with Crippen LogP contribution in [0.5, 0.6) is 0 Å². The minimum atomic E-state index is -0.555. The van der Waals surface area contributed by atoms with Crippen LogP contribution in [0.3, 0.4) is 0 Å². The minimum Gasteiger partial charge on any atom is -0.318 e. The van der Waals surface area contributed by atoms with E-state index in [1.807, 2.05) is 0 Å². The largest absolute Gasteiger partial charge is 0.318 e. The zero-order valence-electron chi connectivity index (χ0n) is 10.4. The lowest BCUT2D eigenvalue weighted by Gasteiger charge is -2.16. The van der Waals surface area contributed by atoms with E-state index < -0.39 is 4.92 Å². The van der Waals surface area contributed by atoms with Crippen LogP contribution in [0.25, 0.3) is 0 Å². The molecule has 8 heteroatoms. The van der Waals surface area contributed by atoms with Crippen molar-refractivity contribution in [2.75, 3.05) is 5.43 Å². The van der Waals surface area contributed by atoms with E-state index in [2.05, 4.69) is 5.43 Å². The number of hydrogen-bond acceptors (Lipinski definition) is 6. The third kappa shape index (κ3) is 1.81. The fourth-order valence-electron chi connectivity index (χ4n) is 2.54. The molecule has 3 rings (SSSR count). The predicted octanol–water partition coefficient (Wildman–Crippen LogP) is 0.385. The topological polar surface area (TPSA) is 119 Å². The van der Waals surface area contributed by atoms with Crippen molar-refractivity contribution in [3.05, 3.63) is 33.9 Å². The number of carbonyl (C=O) groups excluding carboxylic acids is 2. The molecule has 0 bridgehead atoms. The van der Waals surface area contributed by atoms with Gasteiger partial charge in [-0.25, -0.2) is 0 Å². The number of carbonyl (C=O) groups is 2. The van der Waals surface area contributed by atoms with Crippen LogP contribution in [0.4, 0.5) is 11.4 Å². The highest BCUT2D eigenvalue weighted by atomic mass is 16.6. The van der Waals surface area contributed by atoms with Crippen molar-refractivity contribution < 1.29 is 14.5 Å². The number of fused-ring (bicyclic) bond motifs is 1. The molecule has 0 aromatic heterocycles. The number of imide groups is 1. The second-order valence-corrected chi connectivity index (χ2v) is 4.96. The molecule has 2 fully saturated rings. The quantitative estimate of drug-likeness (QED) is 0.355. The summed E-state index contributed by atoms with van der Waals surface area (Å²) < 4.78 is 0. The number of nitrogens with zero attached hydrogens (tertiary/aromatic N) is 2. The second-order valence-electron chi connectivity index (χ2n) is 4.96. The monoisotopic (exact) mass is 276 g/mol. The summed E-state index contributed by atoms with van der Waals surface area (Å²) in [6, 6.07) is 4.29. The summed E-state index contributed by atoms with van der Waals surface area (Å²) >= 11 is 0. The third-order valence-corrected chi connectivity index (χ3v) is 3.71. The van der Waals surface area contributed by atoms with Crippen LogP contribution in [0, 0.1) is 22.0 Å². The van der Waals surface area contributed by atoms with Crippen LogP contribution in [0.1, 0.15) is 12.0 Å². The summed E-state index contributed by atoms with van der Waals surface area (Å²) in [5.41, 5.74) is 2.86. The Balaban J connectivity index is 1.83. The number of amides is 2. The molecule has 1 heterocycles. The van der Waals surface area contributed by atoms with Crippen molar-refractivity contribution in [3.63, 3.8) is 0 Å². The Morgan fingerprint density at radius 2 is 2.00 bits per heavy atom. The van der Waals surface area contributed by atoms with Gasteiger partial charge >= 0.3 is 0 Å². The van der Waals surface area contributed by atoms with Crippen molar-refractivity contribution in [2.24, 2.45) is 17.7 Å². The number of nitrogens with two attached hydrogens (primary N) is 1. The maximum absolute atomic E-state index is 11.8. The number of nitrogen functional groups attached to an aromatic ring is 1. The number of nitro groups is 1. The first-order chi connectivity index (χ1) is 9.52. The van der Waals surface area contributed by atoms with E-state index in [1.165, 1.54) is 23.1 Å². The average molecular weight is 276 g/mol. The molecule has 0 radical (unpaired) electrons. The van der Waals surface area contributed by atoms with Crippen molar-refractivity contribution in [2.45, 2.75) is 13.0 Å². The standard InChI is InChI=1S/C12H12N4O4/c13-14-9-3-6(1-2-10(9)16(19)20)5-15-11(17)7-4-8(7)12(15)18/h1-3,7-8,14H,4-5,13H2. The number of nitro benzene ring substituents is 1. The summed E-state index contributed by atoms with van der Waals surface area (Å²) in [5.74, 6) is 4.65. The summed E-state index contributed by atoms with van der Waals surface area (Å²) in [4.78, 5) is 35.1. The molecule has 20 heavy (non-hydrogen) atoms. The molecule has 1 saturated heterocycles. The summed E-state index contributed by atoms with van der Waals surface area (Å²) in [6.45, 7) is 0.122. The van der Waals surface area contributed by atoms with Gasteiger partial charge in [-0.3, -0.25) is 30.4 Å². The fraction of sp³-hybridized carbons (Fsp3) is 0.333. The maximum atomic E-state index is 11.8. The minimum absolute atomic E-state index is 0.122.